The zero-order valence-electron chi connectivity index (χ0n) is 11.3. The van der Waals surface area contributed by atoms with Gasteiger partial charge in [0.15, 0.2) is 0 Å². The van der Waals surface area contributed by atoms with E-state index >= 15 is 0 Å². The lowest BCUT2D eigenvalue weighted by Crippen LogP contribution is -2.69. The van der Waals surface area contributed by atoms with Gasteiger partial charge in [-0.25, -0.2) is 0 Å². The number of benzene rings is 1. The Morgan fingerprint density at radius 3 is 2.53 bits per heavy atom. The zero-order chi connectivity index (χ0) is 13.5. The molecule has 4 nitrogen and oxygen atoms in total. The maximum atomic E-state index is 12.2. The second kappa shape index (κ2) is 4.62. The van der Waals surface area contributed by atoms with E-state index in [0.717, 1.165) is 31.9 Å². The number of aryl methyl sites for hydroxylation is 1. The number of carbonyl (C=O) groups excluding carboxylic acids is 1. The predicted molar refractivity (Wildman–Crippen MR) is 72.7 cm³/mol. The molecule has 0 unspecified atom stereocenters. The average molecular weight is 260 g/mol. The molecule has 19 heavy (non-hydrogen) atoms. The van der Waals surface area contributed by atoms with Gasteiger partial charge < -0.3 is 15.4 Å². The minimum Gasteiger partial charge on any atom is -0.380 e. The fourth-order valence-electron chi connectivity index (χ4n) is 2.79. The Bertz CT molecular complexity index is 471. The SMILES string of the molecule is Cc1ccc(C[C@H](N)C(=O)N2CC3(COC3)C2)cc1. The third kappa shape index (κ3) is 2.38. The number of likely N-dealkylation sites (tertiary alicyclic amines) is 1. The van der Waals surface area contributed by atoms with Crippen LogP contribution in [0.4, 0.5) is 0 Å². The Morgan fingerprint density at radius 1 is 1.37 bits per heavy atom. The van der Waals surface area contributed by atoms with Crippen LogP contribution in [0.1, 0.15) is 11.1 Å². The summed E-state index contributed by atoms with van der Waals surface area (Å²) < 4.78 is 5.21. The summed E-state index contributed by atoms with van der Waals surface area (Å²) in [5.41, 5.74) is 8.63. The van der Waals surface area contributed by atoms with E-state index in [1.165, 1.54) is 5.56 Å². The topological polar surface area (TPSA) is 55.6 Å². The fourth-order valence-corrected chi connectivity index (χ4v) is 2.79. The van der Waals surface area contributed by atoms with Crippen LogP contribution in [0.25, 0.3) is 0 Å². The van der Waals surface area contributed by atoms with Crippen LogP contribution in [-0.2, 0) is 16.0 Å². The number of carbonyl (C=O) groups is 1. The van der Waals surface area contributed by atoms with Gasteiger partial charge in [0.05, 0.1) is 24.7 Å². The normalized spacial score (nSPS) is 21.7. The van der Waals surface area contributed by atoms with Crippen molar-refractivity contribution in [3.63, 3.8) is 0 Å². The molecule has 1 amide bonds. The second-order valence-corrected chi connectivity index (χ2v) is 5.98. The number of nitrogens with zero attached hydrogens (tertiary/aromatic N) is 1. The predicted octanol–water partition coefficient (Wildman–Crippen LogP) is 0.724. The maximum Gasteiger partial charge on any atom is 0.239 e. The minimum absolute atomic E-state index is 0.0677. The van der Waals surface area contributed by atoms with Gasteiger partial charge >= 0.3 is 0 Å². The summed E-state index contributed by atoms with van der Waals surface area (Å²) >= 11 is 0. The van der Waals surface area contributed by atoms with Gasteiger partial charge in [-0.3, -0.25) is 4.79 Å². The highest BCUT2D eigenvalue weighted by atomic mass is 16.5. The lowest BCUT2D eigenvalue weighted by molar-refractivity contribution is -0.195. The number of amides is 1. The second-order valence-electron chi connectivity index (χ2n) is 5.98. The van der Waals surface area contributed by atoms with Crippen molar-refractivity contribution in [1.82, 2.24) is 4.90 Å². The molecule has 0 saturated carbocycles. The van der Waals surface area contributed by atoms with Crippen molar-refractivity contribution in [3.8, 4) is 0 Å². The lowest BCUT2D eigenvalue weighted by atomic mass is 9.77. The van der Waals surface area contributed by atoms with Gasteiger partial charge in [-0.15, -0.1) is 0 Å². The van der Waals surface area contributed by atoms with E-state index in [1.807, 2.05) is 17.0 Å². The molecule has 1 atom stereocenters. The van der Waals surface area contributed by atoms with E-state index in [4.69, 9.17) is 10.5 Å². The molecule has 1 spiro atoms. The first-order valence-corrected chi connectivity index (χ1v) is 6.76. The maximum absolute atomic E-state index is 12.2. The molecule has 1 aromatic carbocycles. The summed E-state index contributed by atoms with van der Waals surface area (Å²) in [4.78, 5) is 14.0. The Morgan fingerprint density at radius 2 is 2.00 bits per heavy atom. The van der Waals surface area contributed by atoms with Gasteiger partial charge in [-0.1, -0.05) is 29.8 Å². The molecule has 3 rings (SSSR count). The molecule has 1 aromatic rings. The van der Waals surface area contributed by atoms with Gasteiger partial charge in [0, 0.05) is 13.1 Å². The highest BCUT2D eigenvalue weighted by Crippen LogP contribution is 2.37. The third-order valence-corrected chi connectivity index (χ3v) is 4.07. The van der Waals surface area contributed by atoms with Crippen molar-refractivity contribution in [2.45, 2.75) is 19.4 Å². The smallest absolute Gasteiger partial charge is 0.239 e. The summed E-state index contributed by atoms with van der Waals surface area (Å²) in [5, 5.41) is 0. The average Bonchev–Trinajstić information content (AvgIpc) is 2.28. The van der Waals surface area contributed by atoms with Crippen molar-refractivity contribution in [2.24, 2.45) is 11.1 Å². The molecule has 2 N–H and O–H groups in total. The first kappa shape index (κ1) is 12.6. The van der Waals surface area contributed by atoms with Crippen LogP contribution < -0.4 is 5.73 Å². The number of ether oxygens (including phenoxy) is 1. The van der Waals surface area contributed by atoms with Gasteiger partial charge in [0.1, 0.15) is 0 Å². The molecule has 2 aliphatic heterocycles. The fraction of sp³-hybridized carbons (Fsp3) is 0.533. The summed E-state index contributed by atoms with van der Waals surface area (Å²) in [7, 11) is 0. The number of hydrogen-bond donors (Lipinski definition) is 1. The standard InChI is InChI=1S/C15H20N2O2/c1-11-2-4-12(5-3-11)6-13(16)14(18)17-7-15(8-17)9-19-10-15/h2-5,13H,6-10,16H2,1H3/t13-/m0/s1. The Labute approximate surface area is 113 Å². The van der Waals surface area contributed by atoms with Gasteiger partial charge in [0.2, 0.25) is 5.91 Å². The molecule has 0 aromatic heterocycles. The molecule has 2 aliphatic rings. The van der Waals surface area contributed by atoms with Crippen LogP contribution >= 0.6 is 0 Å². The Hall–Kier alpha value is -1.39. The van der Waals surface area contributed by atoms with Crippen molar-refractivity contribution in [3.05, 3.63) is 35.4 Å². The molecule has 0 aliphatic carbocycles. The van der Waals surface area contributed by atoms with Crippen molar-refractivity contribution in [2.75, 3.05) is 26.3 Å². The monoisotopic (exact) mass is 260 g/mol. The van der Waals surface area contributed by atoms with E-state index in [9.17, 15) is 4.79 Å². The summed E-state index contributed by atoms with van der Waals surface area (Å²) in [6, 6.07) is 7.76. The molecule has 4 heteroatoms. The van der Waals surface area contributed by atoms with Crippen molar-refractivity contribution < 1.29 is 9.53 Å². The van der Waals surface area contributed by atoms with E-state index < -0.39 is 6.04 Å². The third-order valence-electron chi connectivity index (χ3n) is 4.07. The van der Waals surface area contributed by atoms with Crippen LogP contribution in [0.2, 0.25) is 0 Å². The van der Waals surface area contributed by atoms with Crippen molar-refractivity contribution in [1.29, 1.82) is 0 Å². The Kier molecular flexibility index (Phi) is 3.07. The summed E-state index contributed by atoms with van der Waals surface area (Å²) in [6.45, 7) is 5.27. The zero-order valence-corrected chi connectivity index (χ0v) is 11.3. The molecular weight excluding hydrogens is 240 g/mol. The quantitative estimate of drug-likeness (QED) is 0.871. The van der Waals surface area contributed by atoms with Gasteiger partial charge in [-0.2, -0.15) is 0 Å². The Balaban J connectivity index is 1.54. The molecule has 0 radical (unpaired) electrons. The van der Waals surface area contributed by atoms with Crippen LogP contribution in [0, 0.1) is 12.3 Å². The number of rotatable bonds is 3. The molecule has 0 bridgehead atoms. The minimum atomic E-state index is -0.430. The number of hydrogen-bond acceptors (Lipinski definition) is 3. The van der Waals surface area contributed by atoms with Crippen LogP contribution in [-0.4, -0.2) is 43.2 Å². The highest BCUT2D eigenvalue weighted by Gasteiger charge is 2.51. The van der Waals surface area contributed by atoms with Crippen LogP contribution in [0.5, 0.6) is 0 Å². The van der Waals surface area contributed by atoms with Crippen molar-refractivity contribution >= 4 is 5.91 Å². The molecule has 102 valence electrons. The van der Waals surface area contributed by atoms with E-state index in [2.05, 4.69) is 19.1 Å². The summed E-state index contributed by atoms with van der Waals surface area (Å²) in [5.74, 6) is 0.0677. The summed E-state index contributed by atoms with van der Waals surface area (Å²) in [6.07, 6.45) is 0.610. The van der Waals surface area contributed by atoms with Crippen LogP contribution in [0.3, 0.4) is 0 Å². The highest BCUT2D eigenvalue weighted by molar-refractivity contribution is 5.83. The molecular formula is C15H20N2O2. The largest absolute Gasteiger partial charge is 0.380 e. The lowest BCUT2D eigenvalue weighted by Gasteiger charge is -2.55. The van der Waals surface area contributed by atoms with Gasteiger partial charge in [-0.05, 0) is 18.9 Å². The van der Waals surface area contributed by atoms with Gasteiger partial charge in [0.25, 0.3) is 0 Å². The first-order valence-electron chi connectivity index (χ1n) is 6.76. The molecule has 2 saturated heterocycles. The number of nitrogens with two attached hydrogens (primary N) is 1. The molecule has 2 fully saturated rings. The van der Waals surface area contributed by atoms with E-state index in [0.29, 0.717) is 6.42 Å². The van der Waals surface area contributed by atoms with E-state index in [-0.39, 0.29) is 11.3 Å². The first-order chi connectivity index (χ1) is 9.08. The van der Waals surface area contributed by atoms with E-state index in [1.54, 1.807) is 0 Å². The van der Waals surface area contributed by atoms with Crippen LogP contribution in [0.15, 0.2) is 24.3 Å². The molecule has 2 heterocycles.